The first-order chi connectivity index (χ1) is 16.2. The van der Waals surface area contributed by atoms with Gasteiger partial charge in [-0.25, -0.2) is 8.42 Å². The second kappa shape index (κ2) is 11.4. The summed E-state index contributed by atoms with van der Waals surface area (Å²) in [6.07, 6.45) is 0.161. The highest BCUT2D eigenvalue weighted by atomic mass is 35.5. The summed E-state index contributed by atoms with van der Waals surface area (Å²) in [6.45, 7) is 1.81. The van der Waals surface area contributed by atoms with Crippen molar-refractivity contribution in [2.45, 2.75) is 30.3 Å². The molecule has 9 heteroatoms. The van der Waals surface area contributed by atoms with E-state index in [0.717, 1.165) is 11.1 Å². The molecular weight excluding hydrogens is 476 g/mol. The van der Waals surface area contributed by atoms with Crippen LogP contribution >= 0.6 is 11.6 Å². The van der Waals surface area contributed by atoms with Crippen LogP contribution in [-0.4, -0.2) is 34.6 Å². The predicted octanol–water partition coefficient (Wildman–Crippen LogP) is 4.12. The van der Waals surface area contributed by atoms with Crippen LogP contribution in [0.4, 0.5) is 0 Å². The average Bonchev–Trinajstić information content (AvgIpc) is 2.84. The van der Waals surface area contributed by atoms with Crippen LogP contribution in [0.5, 0.6) is 11.5 Å². The quantitative estimate of drug-likeness (QED) is 0.435. The van der Waals surface area contributed by atoms with Crippen molar-refractivity contribution in [2.75, 3.05) is 14.2 Å². The summed E-state index contributed by atoms with van der Waals surface area (Å²) in [5.41, 5.74) is 1.59. The lowest BCUT2D eigenvalue weighted by Gasteiger charge is -2.23. The second-order valence-corrected chi connectivity index (χ2v) is 9.75. The number of halogens is 1. The summed E-state index contributed by atoms with van der Waals surface area (Å²) in [6, 6.07) is 19.2. The van der Waals surface area contributed by atoms with E-state index in [-0.39, 0.29) is 16.3 Å². The van der Waals surface area contributed by atoms with Gasteiger partial charge in [0.05, 0.1) is 30.2 Å². The van der Waals surface area contributed by atoms with Gasteiger partial charge in [0.1, 0.15) is 17.5 Å². The molecule has 3 rings (SSSR count). The zero-order chi connectivity index (χ0) is 24.7. The van der Waals surface area contributed by atoms with Crippen LogP contribution in [-0.2, 0) is 21.2 Å². The molecule has 0 aliphatic rings. The third-order valence-electron chi connectivity index (χ3n) is 5.29. The fourth-order valence-corrected chi connectivity index (χ4v) is 5.07. The molecule has 1 amide bonds. The summed E-state index contributed by atoms with van der Waals surface area (Å²) in [7, 11) is -1.06. The van der Waals surface area contributed by atoms with E-state index in [9.17, 15) is 13.2 Å². The van der Waals surface area contributed by atoms with Crippen LogP contribution in [0.1, 0.15) is 24.1 Å². The maximum Gasteiger partial charge on any atom is 0.241 e. The van der Waals surface area contributed by atoms with E-state index in [1.807, 2.05) is 55.5 Å². The number of benzene rings is 3. The van der Waals surface area contributed by atoms with Crippen molar-refractivity contribution < 1.29 is 22.7 Å². The maximum absolute atomic E-state index is 13.3. The summed E-state index contributed by atoms with van der Waals surface area (Å²) < 4.78 is 39.3. The highest BCUT2D eigenvalue weighted by molar-refractivity contribution is 7.89. The Bertz CT molecular complexity index is 1240. The highest BCUT2D eigenvalue weighted by Crippen LogP contribution is 2.27. The number of ether oxygens (including phenoxy) is 2. The Morgan fingerprint density at radius 1 is 0.941 bits per heavy atom. The number of nitrogens with one attached hydrogen (secondary N) is 2. The predicted molar refractivity (Wildman–Crippen MR) is 132 cm³/mol. The Morgan fingerprint density at radius 2 is 1.59 bits per heavy atom. The topological polar surface area (TPSA) is 93.7 Å². The van der Waals surface area contributed by atoms with Crippen molar-refractivity contribution in [3.63, 3.8) is 0 Å². The van der Waals surface area contributed by atoms with Crippen molar-refractivity contribution in [1.82, 2.24) is 10.0 Å². The minimum atomic E-state index is -4.06. The Kier molecular flexibility index (Phi) is 8.55. The summed E-state index contributed by atoms with van der Waals surface area (Å²) >= 11 is 6.12. The van der Waals surface area contributed by atoms with Crippen LogP contribution in [0.2, 0.25) is 5.02 Å². The number of rotatable bonds is 10. The molecular formula is C25H27ClN2O5S. The summed E-state index contributed by atoms with van der Waals surface area (Å²) in [5.74, 6) is 0.513. The molecule has 0 heterocycles. The van der Waals surface area contributed by atoms with Crippen LogP contribution in [0.3, 0.4) is 0 Å². The Labute approximate surface area is 205 Å². The van der Waals surface area contributed by atoms with Crippen molar-refractivity contribution in [1.29, 1.82) is 0 Å². The van der Waals surface area contributed by atoms with E-state index in [1.54, 1.807) is 13.2 Å². The van der Waals surface area contributed by atoms with E-state index < -0.39 is 28.0 Å². The van der Waals surface area contributed by atoms with Gasteiger partial charge in [-0.2, -0.15) is 4.72 Å². The first-order valence-electron chi connectivity index (χ1n) is 10.6. The Hall–Kier alpha value is -3.07. The SMILES string of the molecule is COc1ccc(S(=O)(=O)N[C@@H](Cc2ccccc2)C(=O)N[C@H](C)c2ccccc2OC)cc1Cl. The average molecular weight is 503 g/mol. The zero-order valence-corrected chi connectivity index (χ0v) is 20.7. The molecule has 0 bridgehead atoms. The number of para-hydroxylation sites is 1. The number of methoxy groups -OCH3 is 2. The van der Waals surface area contributed by atoms with Crippen LogP contribution in [0, 0.1) is 0 Å². The van der Waals surface area contributed by atoms with Gasteiger partial charge in [0, 0.05) is 5.56 Å². The van der Waals surface area contributed by atoms with Gasteiger partial charge in [-0.05, 0) is 43.2 Å². The largest absolute Gasteiger partial charge is 0.496 e. The van der Waals surface area contributed by atoms with Crippen molar-refractivity contribution in [2.24, 2.45) is 0 Å². The zero-order valence-electron chi connectivity index (χ0n) is 19.1. The minimum absolute atomic E-state index is 0.0676. The van der Waals surface area contributed by atoms with E-state index in [1.165, 1.54) is 25.3 Å². The molecule has 0 radical (unpaired) electrons. The Balaban J connectivity index is 1.87. The fraction of sp³-hybridized carbons (Fsp3) is 0.240. The van der Waals surface area contributed by atoms with Crippen molar-refractivity contribution in [3.8, 4) is 11.5 Å². The van der Waals surface area contributed by atoms with Gasteiger partial charge in [0.15, 0.2) is 0 Å². The van der Waals surface area contributed by atoms with Gasteiger partial charge in [-0.1, -0.05) is 60.1 Å². The lowest BCUT2D eigenvalue weighted by atomic mass is 10.0. The van der Waals surface area contributed by atoms with Crippen LogP contribution < -0.4 is 19.5 Å². The normalized spacial score (nSPS) is 13.1. The monoisotopic (exact) mass is 502 g/mol. The number of hydrogen-bond acceptors (Lipinski definition) is 5. The molecule has 0 saturated heterocycles. The van der Waals surface area contributed by atoms with Gasteiger partial charge < -0.3 is 14.8 Å². The molecule has 7 nitrogen and oxygen atoms in total. The third kappa shape index (κ3) is 6.28. The molecule has 0 saturated carbocycles. The molecule has 3 aromatic carbocycles. The third-order valence-corrected chi connectivity index (χ3v) is 7.06. The van der Waals surface area contributed by atoms with Gasteiger partial charge >= 0.3 is 0 Å². The van der Waals surface area contributed by atoms with E-state index in [0.29, 0.717) is 11.5 Å². The second-order valence-electron chi connectivity index (χ2n) is 7.63. The van der Waals surface area contributed by atoms with Crippen molar-refractivity contribution >= 4 is 27.5 Å². The van der Waals surface area contributed by atoms with E-state index in [4.69, 9.17) is 21.1 Å². The van der Waals surface area contributed by atoms with E-state index in [2.05, 4.69) is 10.0 Å². The standard InChI is InChI=1S/C25H27ClN2O5S/c1-17(20-11-7-8-12-23(20)32-2)27-25(29)22(15-18-9-5-4-6-10-18)28-34(30,31)19-13-14-24(33-3)21(26)16-19/h4-14,16-17,22,28H,15H2,1-3H3,(H,27,29)/t17-,22+/m1/s1. The van der Waals surface area contributed by atoms with Gasteiger partial charge in [-0.3, -0.25) is 4.79 Å². The molecule has 34 heavy (non-hydrogen) atoms. The molecule has 0 unspecified atom stereocenters. The van der Waals surface area contributed by atoms with Gasteiger partial charge in [0.2, 0.25) is 15.9 Å². The smallest absolute Gasteiger partial charge is 0.241 e. The fourth-order valence-electron chi connectivity index (χ4n) is 3.52. The first-order valence-corrected chi connectivity index (χ1v) is 12.4. The first kappa shape index (κ1) is 25.6. The lowest BCUT2D eigenvalue weighted by Crippen LogP contribution is -2.48. The maximum atomic E-state index is 13.3. The molecule has 2 N–H and O–H groups in total. The molecule has 2 atom stereocenters. The number of amides is 1. The number of carbonyl (C=O) groups is 1. The van der Waals surface area contributed by atoms with Gasteiger partial charge in [-0.15, -0.1) is 0 Å². The summed E-state index contributed by atoms with van der Waals surface area (Å²) in [4.78, 5) is 13.2. The molecule has 0 aliphatic heterocycles. The number of hydrogen-bond donors (Lipinski definition) is 2. The molecule has 0 aromatic heterocycles. The molecule has 3 aromatic rings. The van der Waals surface area contributed by atoms with Crippen LogP contribution in [0.15, 0.2) is 77.7 Å². The Morgan fingerprint density at radius 3 is 2.24 bits per heavy atom. The minimum Gasteiger partial charge on any atom is -0.496 e. The number of carbonyl (C=O) groups excluding carboxylic acids is 1. The molecule has 180 valence electrons. The lowest BCUT2D eigenvalue weighted by molar-refractivity contribution is -0.123. The summed E-state index contributed by atoms with van der Waals surface area (Å²) in [5, 5.41) is 3.06. The van der Waals surface area contributed by atoms with Crippen molar-refractivity contribution in [3.05, 3.63) is 88.9 Å². The van der Waals surface area contributed by atoms with E-state index >= 15 is 0 Å². The van der Waals surface area contributed by atoms with Crippen LogP contribution in [0.25, 0.3) is 0 Å². The van der Waals surface area contributed by atoms with Gasteiger partial charge in [0.25, 0.3) is 0 Å². The number of sulfonamides is 1. The molecule has 0 aliphatic carbocycles. The molecule has 0 fully saturated rings. The highest BCUT2D eigenvalue weighted by Gasteiger charge is 2.28. The molecule has 0 spiro atoms.